The molecule has 0 radical (unpaired) electrons. The van der Waals surface area contributed by atoms with Crippen molar-refractivity contribution in [1.29, 1.82) is 0 Å². The highest BCUT2D eigenvalue weighted by molar-refractivity contribution is 9.10. The number of methoxy groups -OCH3 is 1. The van der Waals surface area contributed by atoms with Crippen molar-refractivity contribution in [3.05, 3.63) is 56.7 Å². The lowest BCUT2D eigenvalue weighted by molar-refractivity contribution is -0.0124. The highest BCUT2D eigenvalue weighted by Gasteiger charge is 2.21. The molecular formula is C14H15BrO2S. The maximum Gasteiger partial charge on any atom is 0.108 e. The Morgan fingerprint density at radius 3 is 2.61 bits per heavy atom. The van der Waals surface area contributed by atoms with Gasteiger partial charge in [0.2, 0.25) is 0 Å². The van der Waals surface area contributed by atoms with E-state index in [1.54, 1.807) is 18.4 Å². The van der Waals surface area contributed by atoms with Crippen molar-refractivity contribution in [1.82, 2.24) is 0 Å². The molecule has 1 aromatic carbocycles. The van der Waals surface area contributed by atoms with E-state index >= 15 is 0 Å². The van der Waals surface area contributed by atoms with Gasteiger partial charge >= 0.3 is 0 Å². The average molecular weight is 327 g/mol. The third kappa shape index (κ3) is 3.42. The van der Waals surface area contributed by atoms with E-state index in [0.717, 1.165) is 14.9 Å². The number of rotatable bonds is 5. The van der Waals surface area contributed by atoms with Crippen molar-refractivity contribution >= 4 is 27.3 Å². The molecule has 2 nitrogen and oxygen atoms in total. The molecule has 0 saturated heterocycles. The molecule has 1 aromatic heterocycles. The van der Waals surface area contributed by atoms with Gasteiger partial charge in [0.1, 0.15) is 6.10 Å². The van der Waals surface area contributed by atoms with Crippen molar-refractivity contribution < 1.29 is 9.84 Å². The summed E-state index contributed by atoms with van der Waals surface area (Å²) >= 11 is 5.06. The van der Waals surface area contributed by atoms with Crippen LogP contribution in [-0.2, 0) is 11.2 Å². The molecule has 0 aliphatic carbocycles. The minimum atomic E-state index is -0.539. The van der Waals surface area contributed by atoms with Gasteiger partial charge in [-0.3, -0.25) is 0 Å². The Morgan fingerprint density at radius 1 is 1.33 bits per heavy atom. The number of aliphatic hydroxyl groups excluding tert-OH is 1. The Morgan fingerprint density at radius 2 is 2.06 bits per heavy atom. The molecule has 0 aliphatic rings. The van der Waals surface area contributed by atoms with Crippen LogP contribution in [0.5, 0.6) is 0 Å². The van der Waals surface area contributed by atoms with E-state index in [0.29, 0.717) is 6.42 Å². The maximum atomic E-state index is 10.3. The highest BCUT2D eigenvalue weighted by Crippen LogP contribution is 2.26. The first kappa shape index (κ1) is 13.7. The van der Waals surface area contributed by atoms with Crippen molar-refractivity contribution in [2.75, 3.05) is 7.11 Å². The second-order valence-electron chi connectivity index (χ2n) is 4.07. The summed E-state index contributed by atoms with van der Waals surface area (Å²) < 4.78 is 6.48. The molecule has 2 rings (SSSR count). The number of thiophene rings is 1. The fourth-order valence-electron chi connectivity index (χ4n) is 1.93. The third-order valence-corrected chi connectivity index (χ3v) is 4.48. The zero-order valence-corrected chi connectivity index (χ0v) is 12.4. The lowest BCUT2D eigenvalue weighted by atomic mass is 10.0. The summed E-state index contributed by atoms with van der Waals surface area (Å²) in [6.07, 6.45) is -0.223. The first-order valence-electron chi connectivity index (χ1n) is 5.69. The number of aliphatic hydroxyl groups is 1. The number of ether oxygens (including phenoxy) is 1. The molecule has 0 amide bonds. The van der Waals surface area contributed by atoms with E-state index in [1.165, 1.54) is 0 Å². The van der Waals surface area contributed by atoms with E-state index < -0.39 is 6.10 Å². The number of halogens is 1. The topological polar surface area (TPSA) is 29.5 Å². The molecule has 0 bridgehead atoms. The molecule has 2 atom stereocenters. The van der Waals surface area contributed by atoms with Crippen LogP contribution in [0.3, 0.4) is 0 Å². The summed E-state index contributed by atoms with van der Waals surface area (Å²) in [7, 11) is 1.63. The minimum Gasteiger partial charge on any atom is -0.390 e. The predicted molar refractivity (Wildman–Crippen MR) is 77.9 cm³/mol. The summed E-state index contributed by atoms with van der Waals surface area (Å²) in [5, 5.41) is 12.3. The Kier molecular flexibility index (Phi) is 4.95. The van der Waals surface area contributed by atoms with E-state index in [9.17, 15) is 5.11 Å². The summed E-state index contributed by atoms with van der Waals surface area (Å²) in [5.41, 5.74) is 1.00. The van der Waals surface area contributed by atoms with Gasteiger partial charge in [-0.05, 0) is 27.6 Å². The van der Waals surface area contributed by atoms with Crippen LogP contribution in [0.15, 0.2) is 46.3 Å². The van der Waals surface area contributed by atoms with Crippen LogP contribution >= 0.6 is 27.3 Å². The van der Waals surface area contributed by atoms with Gasteiger partial charge in [0.05, 0.1) is 6.10 Å². The molecule has 18 heavy (non-hydrogen) atoms. The molecule has 2 aromatic rings. The molecule has 4 heteroatoms. The third-order valence-electron chi connectivity index (χ3n) is 2.76. The number of benzene rings is 1. The van der Waals surface area contributed by atoms with E-state index in [4.69, 9.17) is 4.74 Å². The SMILES string of the molecule is COC(c1ccccc1)C(O)Cc1cc(Br)cs1. The van der Waals surface area contributed by atoms with Gasteiger partial charge in [-0.25, -0.2) is 0 Å². The fraction of sp³-hybridized carbons (Fsp3) is 0.286. The van der Waals surface area contributed by atoms with Crippen LogP contribution < -0.4 is 0 Å². The Hall–Kier alpha value is -0.680. The lowest BCUT2D eigenvalue weighted by Crippen LogP contribution is -2.22. The monoisotopic (exact) mass is 326 g/mol. The largest absolute Gasteiger partial charge is 0.390 e. The quantitative estimate of drug-likeness (QED) is 0.905. The maximum absolute atomic E-state index is 10.3. The highest BCUT2D eigenvalue weighted by atomic mass is 79.9. The van der Waals surface area contributed by atoms with Crippen LogP contribution in [0.25, 0.3) is 0 Å². The van der Waals surface area contributed by atoms with Gasteiger partial charge in [0, 0.05) is 28.3 Å². The van der Waals surface area contributed by atoms with Gasteiger partial charge in [0.15, 0.2) is 0 Å². The van der Waals surface area contributed by atoms with Gasteiger partial charge < -0.3 is 9.84 Å². The molecule has 2 unspecified atom stereocenters. The van der Waals surface area contributed by atoms with E-state index in [1.807, 2.05) is 41.8 Å². The van der Waals surface area contributed by atoms with Crippen molar-refractivity contribution in [2.45, 2.75) is 18.6 Å². The Labute approximate surface area is 119 Å². The molecule has 1 heterocycles. The average Bonchev–Trinajstić information content (AvgIpc) is 2.77. The fourth-order valence-corrected chi connectivity index (χ4v) is 3.43. The van der Waals surface area contributed by atoms with Crippen LogP contribution in [0.1, 0.15) is 16.5 Å². The van der Waals surface area contributed by atoms with Crippen LogP contribution in [0, 0.1) is 0 Å². The normalized spacial score (nSPS) is 14.4. The second kappa shape index (κ2) is 6.48. The van der Waals surface area contributed by atoms with E-state index in [2.05, 4.69) is 15.9 Å². The molecule has 0 aliphatic heterocycles. The van der Waals surface area contributed by atoms with Gasteiger partial charge in [-0.2, -0.15) is 0 Å². The first-order valence-corrected chi connectivity index (χ1v) is 7.36. The zero-order chi connectivity index (χ0) is 13.0. The number of hydrogen-bond donors (Lipinski definition) is 1. The Bertz CT molecular complexity index is 484. The molecule has 96 valence electrons. The molecule has 1 N–H and O–H groups in total. The van der Waals surface area contributed by atoms with Gasteiger partial charge in [-0.15, -0.1) is 11.3 Å². The van der Waals surface area contributed by atoms with E-state index in [-0.39, 0.29) is 6.10 Å². The van der Waals surface area contributed by atoms with Crippen LogP contribution in [0.2, 0.25) is 0 Å². The van der Waals surface area contributed by atoms with Crippen molar-refractivity contribution in [3.63, 3.8) is 0 Å². The second-order valence-corrected chi connectivity index (χ2v) is 5.98. The molecule has 0 saturated carbocycles. The van der Waals surface area contributed by atoms with Crippen LogP contribution in [0.4, 0.5) is 0 Å². The van der Waals surface area contributed by atoms with Crippen molar-refractivity contribution in [3.8, 4) is 0 Å². The summed E-state index contributed by atoms with van der Waals surface area (Å²) in [6.45, 7) is 0. The Balaban J connectivity index is 2.08. The van der Waals surface area contributed by atoms with Crippen LogP contribution in [-0.4, -0.2) is 18.3 Å². The van der Waals surface area contributed by atoms with Gasteiger partial charge in [0.25, 0.3) is 0 Å². The first-order chi connectivity index (χ1) is 8.70. The number of hydrogen-bond acceptors (Lipinski definition) is 3. The summed E-state index contributed by atoms with van der Waals surface area (Å²) in [6, 6.07) is 11.8. The standard InChI is InChI=1S/C14H15BrO2S/c1-17-14(10-5-3-2-4-6-10)13(16)8-12-7-11(15)9-18-12/h2-7,9,13-14,16H,8H2,1H3. The van der Waals surface area contributed by atoms with Gasteiger partial charge in [-0.1, -0.05) is 30.3 Å². The molecule has 0 spiro atoms. The smallest absolute Gasteiger partial charge is 0.108 e. The predicted octanol–water partition coefficient (Wildman–Crippen LogP) is 3.80. The molecule has 0 fully saturated rings. The zero-order valence-electron chi connectivity index (χ0n) is 10.0. The van der Waals surface area contributed by atoms with Crippen molar-refractivity contribution in [2.24, 2.45) is 0 Å². The minimum absolute atomic E-state index is 0.285. The molecular weight excluding hydrogens is 312 g/mol. The summed E-state index contributed by atoms with van der Waals surface area (Å²) in [5.74, 6) is 0. The lowest BCUT2D eigenvalue weighted by Gasteiger charge is -2.21. The summed E-state index contributed by atoms with van der Waals surface area (Å²) in [4.78, 5) is 1.15.